The van der Waals surface area contributed by atoms with Crippen molar-refractivity contribution in [2.45, 2.75) is 257 Å². The van der Waals surface area contributed by atoms with Crippen LogP contribution in [0.5, 0.6) is 0 Å². The highest BCUT2D eigenvalue weighted by atomic mass is 31.2. The number of rotatable bonds is 58. The number of allylic oxidation sites excluding steroid dienone is 14. The van der Waals surface area contributed by atoms with Gasteiger partial charge in [-0.2, -0.15) is 0 Å². The Kier molecular flexibility index (Phi) is 54.9. The number of phosphoric ester groups is 2. The lowest BCUT2D eigenvalue weighted by molar-refractivity contribution is -0.161. The van der Waals surface area contributed by atoms with Gasteiger partial charge in [0.05, 0.1) is 26.4 Å². The van der Waals surface area contributed by atoms with E-state index < -0.39 is 91.5 Å². The van der Waals surface area contributed by atoms with Crippen molar-refractivity contribution in [3.63, 3.8) is 0 Å². The highest BCUT2D eigenvalue weighted by Crippen LogP contribution is 2.45. The number of hydrogen-bond acceptors (Lipinski definition) is 14. The predicted octanol–water partition coefficient (Wildman–Crippen LogP) is 16.2. The zero-order valence-corrected chi connectivity index (χ0v) is 52.0. The van der Waals surface area contributed by atoms with Gasteiger partial charge in [0, 0.05) is 19.3 Å². The van der Waals surface area contributed by atoms with Crippen LogP contribution in [0.2, 0.25) is 0 Å². The highest BCUT2D eigenvalue weighted by molar-refractivity contribution is 7.47. The van der Waals surface area contributed by atoms with E-state index in [9.17, 15) is 43.5 Å². The fraction of sp³-hybridized carbons (Fsp3) is 0.730. The number of hydrogen-bond donors (Lipinski definition) is 4. The minimum atomic E-state index is -4.92. The van der Waals surface area contributed by atoms with Crippen LogP contribution in [0.1, 0.15) is 239 Å². The second-order valence-corrected chi connectivity index (χ2v) is 23.4. The molecular weight excluding hydrogens is 1070 g/mol. The number of carbonyl (C=O) groups is 3. The van der Waals surface area contributed by atoms with Gasteiger partial charge in [0.1, 0.15) is 25.4 Å². The van der Waals surface area contributed by atoms with Gasteiger partial charge in [0.2, 0.25) is 0 Å². The van der Waals surface area contributed by atoms with E-state index in [0.717, 1.165) is 154 Å². The topological polar surface area (TPSA) is 231 Å². The van der Waals surface area contributed by atoms with Crippen molar-refractivity contribution in [3.05, 3.63) is 85.1 Å². The Balaban J connectivity index is 4.64. The average molecular weight is 1190 g/mol. The molecule has 18 heteroatoms. The molecule has 0 aliphatic heterocycles. The largest absolute Gasteiger partial charge is 0.472 e. The Labute approximate surface area is 489 Å². The number of ether oxygens (including phenoxy) is 3. The smallest absolute Gasteiger partial charge is 0.463 e. The fourth-order valence-electron chi connectivity index (χ4n) is 7.83. The van der Waals surface area contributed by atoms with Crippen LogP contribution in [0.15, 0.2) is 85.1 Å². The first-order valence-corrected chi connectivity index (χ1v) is 33.9. The van der Waals surface area contributed by atoms with Crippen molar-refractivity contribution >= 4 is 33.6 Å². The molecule has 0 fully saturated rings. The third-order valence-corrected chi connectivity index (χ3v) is 14.5. The van der Waals surface area contributed by atoms with Gasteiger partial charge in [-0.3, -0.25) is 32.5 Å². The first kappa shape index (κ1) is 77.7. The van der Waals surface area contributed by atoms with Gasteiger partial charge in [-0.25, -0.2) is 9.13 Å². The maximum absolute atomic E-state index is 12.8. The van der Waals surface area contributed by atoms with E-state index in [2.05, 4.69) is 106 Å². The molecule has 0 aliphatic carbocycles. The minimum absolute atomic E-state index is 0.0914. The zero-order valence-electron chi connectivity index (χ0n) is 50.2. The molecule has 0 radical (unpaired) electrons. The van der Waals surface area contributed by atoms with Crippen LogP contribution in [0, 0.1) is 0 Å². The fourth-order valence-corrected chi connectivity index (χ4v) is 9.41. The molecule has 16 nitrogen and oxygen atoms in total. The number of aliphatic hydroxyl groups is 2. The van der Waals surface area contributed by atoms with Crippen molar-refractivity contribution in [2.24, 2.45) is 0 Å². The van der Waals surface area contributed by atoms with Gasteiger partial charge in [-0.1, -0.05) is 196 Å². The summed E-state index contributed by atoms with van der Waals surface area (Å²) in [7, 11) is -9.77. The normalized spacial score (nSPS) is 15.0. The lowest BCUT2D eigenvalue weighted by atomic mass is 10.1. The molecule has 0 heterocycles. The molecule has 81 heavy (non-hydrogen) atoms. The lowest BCUT2D eigenvalue weighted by Crippen LogP contribution is -2.30. The van der Waals surface area contributed by atoms with Crippen LogP contribution in [-0.4, -0.2) is 95.9 Å². The van der Waals surface area contributed by atoms with E-state index in [1.807, 2.05) is 0 Å². The van der Waals surface area contributed by atoms with E-state index in [1.54, 1.807) is 0 Å². The van der Waals surface area contributed by atoms with E-state index in [1.165, 1.54) is 25.7 Å². The summed E-state index contributed by atoms with van der Waals surface area (Å²) >= 11 is 0. The highest BCUT2D eigenvalue weighted by Gasteiger charge is 2.29. The van der Waals surface area contributed by atoms with Gasteiger partial charge < -0.3 is 34.2 Å². The van der Waals surface area contributed by atoms with E-state index in [4.69, 9.17) is 32.3 Å². The molecule has 0 saturated heterocycles. The molecule has 0 aromatic heterocycles. The second kappa shape index (κ2) is 57.2. The summed E-state index contributed by atoms with van der Waals surface area (Å²) in [6.45, 7) is 2.41. The molecule has 5 atom stereocenters. The van der Waals surface area contributed by atoms with Crippen LogP contribution < -0.4 is 0 Å². The van der Waals surface area contributed by atoms with Crippen molar-refractivity contribution in [3.8, 4) is 0 Å². The van der Waals surface area contributed by atoms with Gasteiger partial charge in [0.15, 0.2) is 6.10 Å². The summed E-state index contributed by atoms with van der Waals surface area (Å²) in [5.74, 6) is -1.62. The Bertz CT molecular complexity index is 1830. The molecule has 0 bridgehead atoms. The van der Waals surface area contributed by atoms with E-state index >= 15 is 0 Å². The Morgan fingerprint density at radius 2 is 0.679 bits per heavy atom. The number of esters is 3. The molecular formula is C63H110O16P2. The summed E-state index contributed by atoms with van der Waals surface area (Å²) in [4.78, 5) is 58.1. The van der Waals surface area contributed by atoms with E-state index in [-0.39, 0.29) is 19.3 Å². The third-order valence-electron chi connectivity index (χ3n) is 12.6. The molecule has 0 spiro atoms. The van der Waals surface area contributed by atoms with Crippen LogP contribution >= 0.6 is 15.6 Å². The van der Waals surface area contributed by atoms with Crippen LogP contribution in [0.3, 0.4) is 0 Å². The number of phosphoric acid groups is 2. The summed E-state index contributed by atoms with van der Waals surface area (Å²) < 4.78 is 60.6. The summed E-state index contributed by atoms with van der Waals surface area (Å²) in [6.07, 6.45) is 57.9. The van der Waals surface area contributed by atoms with Gasteiger partial charge >= 0.3 is 33.6 Å². The molecule has 0 amide bonds. The molecule has 468 valence electrons. The van der Waals surface area contributed by atoms with Crippen molar-refractivity contribution in [2.75, 3.05) is 39.6 Å². The van der Waals surface area contributed by atoms with Crippen LogP contribution in [0.25, 0.3) is 0 Å². The van der Waals surface area contributed by atoms with E-state index in [0.29, 0.717) is 19.3 Å². The zero-order chi connectivity index (χ0) is 59.6. The molecule has 0 aliphatic rings. The molecule has 0 aromatic rings. The maximum Gasteiger partial charge on any atom is 0.472 e. The molecule has 4 N–H and O–H groups in total. The summed E-state index contributed by atoms with van der Waals surface area (Å²) in [5.41, 5.74) is 0. The van der Waals surface area contributed by atoms with Crippen LogP contribution in [0.4, 0.5) is 0 Å². The van der Waals surface area contributed by atoms with Crippen molar-refractivity contribution in [1.82, 2.24) is 0 Å². The number of carbonyl (C=O) groups excluding carboxylic acids is 3. The maximum atomic E-state index is 12.8. The Morgan fingerprint density at radius 3 is 1.10 bits per heavy atom. The molecule has 0 saturated carbocycles. The van der Waals surface area contributed by atoms with Gasteiger partial charge in [-0.05, 0) is 109 Å². The Morgan fingerprint density at radius 1 is 0.358 bits per heavy atom. The van der Waals surface area contributed by atoms with Crippen molar-refractivity contribution < 1.29 is 75.8 Å². The lowest BCUT2D eigenvalue weighted by Gasteiger charge is -2.21. The first-order chi connectivity index (χ1) is 39.2. The number of aliphatic hydroxyl groups excluding tert-OH is 2. The molecule has 0 rings (SSSR count). The Hall–Kier alpha value is -3.27. The third kappa shape index (κ3) is 58.3. The summed E-state index contributed by atoms with van der Waals surface area (Å²) in [6, 6.07) is 0. The quantitative estimate of drug-likeness (QED) is 0.0146. The predicted molar refractivity (Wildman–Crippen MR) is 325 cm³/mol. The average Bonchev–Trinajstić information content (AvgIpc) is 3.45. The minimum Gasteiger partial charge on any atom is -0.463 e. The van der Waals surface area contributed by atoms with Crippen LogP contribution in [-0.2, 0) is 55.8 Å². The second-order valence-electron chi connectivity index (χ2n) is 20.5. The first-order valence-electron chi connectivity index (χ1n) is 30.9. The van der Waals surface area contributed by atoms with Gasteiger partial charge in [0.25, 0.3) is 0 Å². The number of unbranched alkanes of at least 4 members (excludes halogenated alkanes) is 21. The standard InChI is InChI=1S/C63H110O16P2/c1-4-7-10-13-16-19-22-25-26-27-28-29-30-33-35-37-40-43-46-49-61(66)73-52-58(64)53-75-80(69,70)76-54-59(65)55-77-81(71,72)78-57-60(79-63(68)51-48-45-42-39-36-32-24-21-18-15-12-9-6-3)56-74-62(67)50-47-44-41-38-34-31-23-20-17-14-11-8-5-2/h7,10-11,14,16,19-21,23-26,28-29,58-60,64-65H,4-6,8-9,12-13,15,17-18,22,27,30-57H2,1-3H3,(H,69,70)(H,71,72)/b10-7-,14-11-,19-16-,23-20-,24-21-,26-25-,29-28-. The molecule has 0 aromatic carbocycles. The van der Waals surface area contributed by atoms with Crippen molar-refractivity contribution in [1.29, 1.82) is 0 Å². The molecule has 5 unspecified atom stereocenters. The SMILES string of the molecule is CC/C=C\C/C=C\C/C=C\C/C=C\CCCCCCCCC(=O)OCC(O)COP(=O)(O)OCC(O)COP(=O)(O)OCC(COC(=O)CCCCCCC/C=C\C/C=C\CCC)OC(=O)CCCCCCC/C=C\CCCCCC. The summed E-state index contributed by atoms with van der Waals surface area (Å²) in [5, 5.41) is 20.5. The van der Waals surface area contributed by atoms with Gasteiger partial charge in [-0.15, -0.1) is 0 Å². The monoisotopic (exact) mass is 1180 g/mol.